The van der Waals surface area contributed by atoms with E-state index in [1.165, 1.54) is 18.2 Å². The molecule has 0 amide bonds. The van der Waals surface area contributed by atoms with Crippen LogP contribution in [0, 0.1) is 0 Å². The molecule has 6 heteroatoms. The zero-order valence-electron chi connectivity index (χ0n) is 7.86. The smallest absolute Gasteiger partial charge is 0.387 e. The number of benzene rings is 1. The molecule has 1 rings (SSSR count). The molecule has 0 spiro atoms. The molecule has 0 unspecified atom stereocenters. The molecule has 1 N–H and O–H groups in total. The van der Waals surface area contributed by atoms with Crippen LogP contribution in [0.4, 0.5) is 8.78 Å². The van der Waals surface area contributed by atoms with Gasteiger partial charge in [0, 0.05) is 16.7 Å². The van der Waals surface area contributed by atoms with E-state index in [1.54, 1.807) is 0 Å². The van der Waals surface area contributed by atoms with Gasteiger partial charge in [0.25, 0.3) is 0 Å². The minimum absolute atomic E-state index is 0.167. The highest BCUT2D eigenvalue weighted by Crippen LogP contribution is 2.26. The number of carboxylic acids is 1. The molecule has 0 saturated heterocycles. The first-order chi connectivity index (χ1) is 7.49. The van der Waals surface area contributed by atoms with E-state index in [2.05, 4.69) is 4.74 Å². The Labute approximate surface area is 94.9 Å². The molecule has 0 atom stereocenters. The highest BCUT2D eigenvalue weighted by Gasteiger charge is 2.08. The number of alkyl halides is 2. The molecule has 0 fully saturated rings. The van der Waals surface area contributed by atoms with Crippen LogP contribution < -0.4 is 4.74 Å². The van der Waals surface area contributed by atoms with E-state index in [1.807, 2.05) is 0 Å². The van der Waals surface area contributed by atoms with E-state index < -0.39 is 12.6 Å². The van der Waals surface area contributed by atoms with E-state index in [0.717, 1.165) is 12.2 Å². The number of carbonyl (C=O) groups is 1. The second-order valence-electron chi connectivity index (χ2n) is 2.73. The van der Waals surface area contributed by atoms with Gasteiger partial charge in [-0.25, -0.2) is 4.79 Å². The molecule has 0 aliphatic carbocycles. The third-order valence-electron chi connectivity index (χ3n) is 1.60. The first-order valence-corrected chi connectivity index (χ1v) is 4.52. The van der Waals surface area contributed by atoms with Crippen LogP contribution in [0.2, 0.25) is 5.02 Å². The van der Waals surface area contributed by atoms with Gasteiger partial charge < -0.3 is 9.84 Å². The maximum Gasteiger partial charge on any atom is 0.387 e. The molecule has 1 aromatic carbocycles. The summed E-state index contributed by atoms with van der Waals surface area (Å²) < 4.78 is 28.2. The molecular formula is C10H7ClF2O3. The molecule has 0 saturated carbocycles. The fraction of sp³-hybridized carbons (Fsp3) is 0.100. The van der Waals surface area contributed by atoms with Crippen molar-refractivity contribution in [2.45, 2.75) is 6.61 Å². The summed E-state index contributed by atoms with van der Waals surface area (Å²) >= 11 is 5.60. The third-order valence-corrected chi connectivity index (χ3v) is 1.83. The Hall–Kier alpha value is -1.62. The maximum absolute atomic E-state index is 12.0. The Kier molecular flexibility index (Phi) is 4.25. The largest absolute Gasteiger partial charge is 0.478 e. The lowest BCUT2D eigenvalue weighted by Crippen LogP contribution is -2.03. The van der Waals surface area contributed by atoms with Crippen LogP contribution in [0.25, 0.3) is 6.08 Å². The molecule has 0 heterocycles. The summed E-state index contributed by atoms with van der Waals surface area (Å²) in [6, 6.07) is 4.02. The number of hydrogen-bond donors (Lipinski definition) is 1. The summed E-state index contributed by atoms with van der Waals surface area (Å²) in [7, 11) is 0. The molecule has 16 heavy (non-hydrogen) atoms. The van der Waals surface area contributed by atoms with Crippen molar-refractivity contribution in [1.82, 2.24) is 0 Å². The summed E-state index contributed by atoms with van der Waals surface area (Å²) in [5.74, 6) is -1.35. The lowest BCUT2D eigenvalue weighted by atomic mass is 10.2. The minimum Gasteiger partial charge on any atom is -0.478 e. The lowest BCUT2D eigenvalue weighted by molar-refractivity contribution is -0.131. The predicted molar refractivity (Wildman–Crippen MR) is 54.8 cm³/mol. The van der Waals surface area contributed by atoms with Crippen LogP contribution in [0.1, 0.15) is 5.56 Å². The van der Waals surface area contributed by atoms with E-state index >= 15 is 0 Å². The third kappa shape index (κ3) is 3.86. The Morgan fingerprint density at radius 3 is 2.75 bits per heavy atom. The predicted octanol–water partition coefficient (Wildman–Crippen LogP) is 3.04. The number of carboxylic acid groups (broad SMARTS) is 1. The molecule has 3 nitrogen and oxygen atoms in total. The topological polar surface area (TPSA) is 46.5 Å². The average Bonchev–Trinajstić information content (AvgIpc) is 2.15. The molecule has 0 bridgehead atoms. The van der Waals surface area contributed by atoms with Gasteiger partial charge in [0.2, 0.25) is 0 Å². The second-order valence-corrected chi connectivity index (χ2v) is 3.17. The summed E-state index contributed by atoms with van der Waals surface area (Å²) in [4.78, 5) is 10.3. The van der Waals surface area contributed by atoms with E-state index in [9.17, 15) is 13.6 Å². The molecule has 0 aliphatic heterocycles. The Bertz CT molecular complexity index is 419. The monoisotopic (exact) mass is 248 g/mol. The van der Waals surface area contributed by atoms with Gasteiger partial charge in [-0.2, -0.15) is 8.78 Å². The van der Waals surface area contributed by atoms with Crippen molar-refractivity contribution in [3.63, 3.8) is 0 Å². The van der Waals surface area contributed by atoms with Crippen LogP contribution in [0.5, 0.6) is 5.75 Å². The Morgan fingerprint density at radius 1 is 1.50 bits per heavy atom. The zero-order valence-corrected chi connectivity index (χ0v) is 8.62. The second kappa shape index (κ2) is 5.46. The van der Waals surface area contributed by atoms with Crippen LogP contribution in [0.15, 0.2) is 24.3 Å². The van der Waals surface area contributed by atoms with Crippen molar-refractivity contribution in [3.8, 4) is 5.75 Å². The van der Waals surface area contributed by atoms with Crippen molar-refractivity contribution in [3.05, 3.63) is 34.9 Å². The molecular weight excluding hydrogens is 242 g/mol. The number of aliphatic carboxylic acids is 1. The van der Waals surface area contributed by atoms with Crippen LogP contribution in [0.3, 0.4) is 0 Å². The van der Waals surface area contributed by atoms with Crippen molar-refractivity contribution in [1.29, 1.82) is 0 Å². The van der Waals surface area contributed by atoms with Crippen molar-refractivity contribution < 1.29 is 23.4 Å². The number of halogens is 3. The molecule has 1 aromatic rings. The summed E-state index contributed by atoms with van der Waals surface area (Å²) in [6.07, 6.45) is 1.97. The average molecular weight is 249 g/mol. The van der Waals surface area contributed by atoms with Gasteiger partial charge in [0.15, 0.2) is 0 Å². The van der Waals surface area contributed by atoms with Crippen molar-refractivity contribution in [2.75, 3.05) is 0 Å². The van der Waals surface area contributed by atoms with E-state index in [0.29, 0.717) is 0 Å². The van der Waals surface area contributed by atoms with Crippen LogP contribution in [-0.2, 0) is 4.79 Å². The fourth-order valence-corrected chi connectivity index (χ4v) is 1.17. The molecule has 0 radical (unpaired) electrons. The molecule has 0 aromatic heterocycles. The van der Waals surface area contributed by atoms with Gasteiger partial charge in [0.05, 0.1) is 0 Å². The SMILES string of the molecule is O=C(O)/C=C/c1ccc(Cl)cc1OC(F)F. The molecule has 0 aliphatic rings. The van der Waals surface area contributed by atoms with Gasteiger partial charge >= 0.3 is 12.6 Å². The Balaban J connectivity index is 3.02. The van der Waals surface area contributed by atoms with Crippen molar-refractivity contribution in [2.24, 2.45) is 0 Å². The van der Waals surface area contributed by atoms with Gasteiger partial charge in [-0.15, -0.1) is 0 Å². The molecule has 86 valence electrons. The maximum atomic E-state index is 12.0. The lowest BCUT2D eigenvalue weighted by Gasteiger charge is -2.07. The van der Waals surface area contributed by atoms with Gasteiger partial charge in [-0.05, 0) is 24.3 Å². The van der Waals surface area contributed by atoms with Crippen LogP contribution in [-0.4, -0.2) is 17.7 Å². The summed E-state index contributed by atoms with van der Waals surface area (Å²) in [5.41, 5.74) is 0.215. The first kappa shape index (κ1) is 12.4. The summed E-state index contributed by atoms with van der Waals surface area (Å²) in [5, 5.41) is 8.63. The Morgan fingerprint density at radius 2 is 2.19 bits per heavy atom. The first-order valence-electron chi connectivity index (χ1n) is 4.14. The fourth-order valence-electron chi connectivity index (χ4n) is 1.01. The summed E-state index contributed by atoms with van der Waals surface area (Å²) in [6.45, 7) is -2.99. The van der Waals surface area contributed by atoms with Crippen molar-refractivity contribution >= 4 is 23.6 Å². The van der Waals surface area contributed by atoms with Gasteiger partial charge in [-0.3, -0.25) is 0 Å². The standard InChI is InChI=1S/C10H7ClF2O3/c11-7-3-1-6(2-4-9(14)15)8(5-7)16-10(12)13/h1-5,10H,(H,14,15)/b4-2+. The quantitative estimate of drug-likeness (QED) is 0.833. The highest BCUT2D eigenvalue weighted by atomic mass is 35.5. The van der Waals surface area contributed by atoms with E-state index in [4.69, 9.17) is 16.7 Å². The normalized spacial score (nSPS) is 11.0. The zero-order chi connectivity index (χ0) is 12.1. The minimum atomic E-state index is -2.99. The number of hydrogen-bond acceptors (Lipinski definition) is 2. The number of ether oxygens (including phenoxy) is 1. The van der Waals surface area contributed by atoms with Gasteiger partial charge in [0.1, 0.15) is 5.75 Å². The van der Waals surface area contributed by atoms with Crippen LogP contribution >= 0.6 is 11.6 Å². The number of rotatable bonds is 4. The van der Waals surface area contributed by atoms with E-state index in [-0.39, 0.29) is 16.3 Å². The van der Waals surface area contributed by atoms with Gasteiger partial charge in [-0.1, -0.05) is 11.6 Å². The highest BCUT2D eigenvalue weighted by molar-refractivity contribution is 6.30.